The van der Waals surface area contributed by atoms with Crippen molar-refractivity contribution in [1.29, 1.82) is 0 Å². The number of hydrogen-bond donors (Lipinski definition) is 2. The number of H-pyrrole nitrogens is 1. The molecule has 0 fully saturated rings. The van der Waals surface area contributed by atoms with Gasteiger partial charge >= 0.3 is 12.1 Å². The number of hydrogen-bond acceptors (Lipinski definition) is 3. The molecule has 10 heteroatoms. The van der Waals surface area contributed by atoms with Crippen molar-refractivity contribution in [2.75, 3.05) is 7.11 Å². The lowest BCUT2D eigenvalue weighted by molar-refractivity contribution is -0.155. The van der Waals surface area contributed by atoms with Crippen molar-refractivity contribution in [3.63, 3.8) is 0 Å². The van der Waals surface area contributed by atoms with E-state index in [1.54, 1.807) is 13.0 Å². The Hall–Kier alpha value is -2.88. The molecule has 1 heterocycles. The number of amides is 1. The van der Waals surface area contributed by atoms with Gasteiger partial charge in [-0.05, 0) is 64.3 Å². The maximum absolute atomic E-state index is 13.6. The van der Waals surface area contributed by atoms with Crippen molar-refractivity contribution in [3.8, 4) is 0 Å². The number of esters is 1. The molecule has 0 aliphatic heterocycles. The third-order valence-electron chi connectivity index (χ3n) is 4.50. The summed E-state index contributed by atoms with van der Waals surface area (Å²) < 4.78 is 58.6. The minimum Gasteiger partial charge on any atom is -0.465 e. The van der Waals surface area contributed by atoms with Gasteiger partial charge in [-0.1, -0.05) is 6.07 Å². The quantitative estimate of drug-likeness (QED) is 0.393. The number of halogens is 5. The number of carbonyl (C=O) groups excluding carboxylic acids is 2. The Bertz CT molecular complexity index is 1140. The fourth-order valence-electron chi connectivity index (χ4n) is 3.00. The van der Waals surface area contributed by atoms with E-state index in [2.05, 4.69) is 20.9 Å². The van der Waals surface area contributed by atoms with Crippen LogP contribution in [0.1, 0.15) is 38.0 Å². The molecular formula is C20H15BrF4N2O3. The molecule has 0 radical (unpaired) electrons. The highest BCUT2D eigenvalue weighted by atomic mass is 79.9. The summed E-state index contributed by atoms with van der Waals surface area (Å²) >= 11 is 2.85. The highest BCUT2D eigenvalue weighted by Gasteiger charge is 2.42. The Morgan fingerprint density at radius 2 is 1.87 bits per heavy atom. The van der Waals surface area contributed by atoms with E-state index in [9.17, 15) is 27.2 Å². The van der Waals surface area contributed by atoms with Gasteiger partial charge in [-0.25, -0.2) is 9.18 Å². The highest BCUT2D eigenvalue weighted by molar-refractivity contribution is 9.10. The van der Waals surface area contributed by atoms with Gasteiger partial charge in [0.2, 0.25) is 0 Å². The lowest BCUT2D eigenvalue weighted by Gasteiger charge is -2.22. The molecule has 3 aromatic rings. The van der Waals surface area contributed by atoms with Gasteiger partial charge in [0.1, 0.15) is 11.5 Å². The molecule has 30 heavy (non-hydrogen) atoms. The van der Waals surface area contributed by atoms with Crippen molar-refractivity contribution in [2.24, 2.45) is 0 Å². The highest BCUT2D eigenvalue weighted by Crippen LogP contribution is 2.34. The maximum atomic E-state index is 13.6. The monoisotopic (exact) mass is 486 g/mol. The van der Waals surface area contributed by atoms with Crippen LogP contribution in [0.25, 0.3) is 10.9 Å². The predicted octanol–water partition coefficient (Wildman–Crippen LogP) is 5.20. The van der Waals surface area contributed by atoms with Gasteiger partial charge in [0.15, 0.2) is 6.04 Å². The van der Waals surface area contributed by atoms with Crippen LogP contribution in [0.4, 0.5) is 17.6 Å². The van der Waals surface area contributed by atoms with Gasteiger partial charge in [-0.15, -0.1) is 0 Å². The fourth-order valence-corrected chi connectivity index (χ4v) is 3.39. The summed E-state index contributed by atoms with van der Waals surface area (Å²) in [5, 5.41) is 2.39. The van der Waals surface area contributed by atoms with Gasteiger partial charge in [0.25, 0.3) is 5.91 Å². The molecule has 1 aromatic heterocycles. The molecule has 1 atom stereocenters. The molecular weight excluding hydrogens is 472 g/mol. The average Bonchev–Trinajstić information content (AvgIpc) is 3.09. The van der Waals surface area contributed by atoms with Gasteiger partial charge in [-0.3, -0.25) is 4.79 Å². The first-order valence-electron chi connectivity index (χ1n) is 8.55. The summed E-state index contributed by atoms with van der Waals surface area (Å²) in [4.78, 5) is 27.1. The molecule has 2 aromatic carbocycles. The van der Waals surface area contributed by atoms with Crippen LogP contribution in [0.2, 0.25) is 0 Å². The van der Waals surface area contributed by atoms with E-state index >= 15 is 0 Å². The van der Waals surface area contributed by atoms with E-state index in [-0.39, 0.29) is 21.3 Å². The van der Waals surface area contributed by atoms with Crippen LogP contribution in [0.5, 0.6) is 0 Å². The van der Waals surface area contributed by atoms with Gasteiger partial charge in [0.05, 0.1) is 17.1 Å². The number of aryl methyl sites for hydroxylation is 1. The zero-order chi connectivity index (χ0) is 22.2. The van der Waals surface area contributed by atoms with E-state index in [4.69, 9.17) is 4.74 Å². The zero-order valence-electron chi connectivity index (χ0n) is 15.7. The Morgan fingerprint density at radius 3 is 2.47 bits per heavy atom. The fraction of sp³-hybridized carbons (Fsp3) is 0.200. The largest absolute Gasteiger partial charge is 0.465 e. The SMILES string of the molecule is COC(=O)c1cc2cc(C(=O)NC(c3ccc(F)c(Br)c3)C(F)(F)F)[nH]c2cc1C. The number of alkyl halides is 3. The summed E-state index contributed by atoms with van der Waals surface area (Å²) in [6, 6.07) is 4.87. The predicted molar refractivity (Wildman–Crippen MR) is 105 cm³/mol. The zero-order valence-corrected chi connectivity index (χ0v) is 17.2. The normalized spacial score (nSPS) is 12.6. The van der Waals surface area contributed by atoms with Crippen molar-refractivity contribution in [3.05, 3.63) is 69.1 Å². The van der Waals surface area contributed by atoms with E-state index in [1.165, 1.54) is 19.2 Å². The van der Waals surface area contributed by atoms with E-state index in [0.29, 0.717) is 16.5 Å². The van der Waals surface area contributed by atoms with Crippen LogP contribution in [0, 0.1) is 12.7 Å². The molecule has 0 aliphatic rings. The van der Waals surface area contributed by atoms with E-state index < -0.39 is 29.9 Å². The van der Waals surface area contributed by atoms with Crippen LogP contribution >= 0.6 is 15.9 Å². The Morgan fingerprint density at radius 1 is 1.17 bits per heavy atom. The molecule has 5 nitrogen and oxygen atoms in total. The summed E-state index contributed by atoms with van der Waals surface area (Å²) in [6.45, 7) is 1.67. The van der Waals surface area contributed by atoms with Gasteiger partial charge in [-0.2, -0.15) is 13.2 Å². The van der Waals surface area contributed by atoms with Crippen LogP contribution in [-0.4, -0.2) is 30.1 Å². The number of aromatic nitrogens is 1. The number of methoxy groups -OCH3 is 1. The number of benzene rings is 2. The summed E-state index contributed by atoms with van der Waals surface area (Å²) in [7, 11) is 1.23. The summed E-state index contributed by atoms with van der Waals surface area (Å²) in [6.07, 6.45) is -4.81. The molecule has 0 saturated carbocycles. The molecule has 2 N–H and O–H groups in total. The van der Waals surface area contributed by atoms with Gasteiger partial charge < -0.3 is 15.0 Å². The molecule has 1 unspecified atom stereocenters. The maximum Gasteiger partial charge on any atom is 0.412 e. The molecule has 3 rings (SSSR count). The molecule has 158 valence electrons. The van der Waals surface area contributed by atoms with Gasteiger partial charge in [0, 0.05) is 10.9 Å². The molecule has 0 saturated heterocycles. The number of ether oxygens (including phenoxy) is 1. The second-order valence-corrected chi connectivity index (χ2v) is 7.40. The van der Waals surface area contributed by atoms with Crippen molar-refractivity contribution < 1.29 is 31.9 Å². The van der Waals surface area contributed by atoms with Crippen LogP contribution in [0.15, 0.2) is 40.9 Å². The van der Waals surface area contributed by atoms with Crippen LogP contribution < -0.4 is 5.32 Å². The number of rotatable bonds is 4. The molecule has 0 spiro atoms. The second-order valence-electron chi connectivity index (χ2n) is 6.55. The topological polar surface area (TPSA) is 71.2 Å². The number of nitrogens with one attached hydrogen (secondary N) is 2. The summed E-state index contributed by atoms with van der Waals surface area (Å²) in [5.41, 5.74) is 0.872. The number of carbonyl (C=O) groups is 2. The lowest BCUT2D eigenvalue weighted by Crippen LogP contribution is -2.38. The minimum absolute atomic E-state index is 0.123. The number of aromatic amines is 1. The first-order valence-corrected chi connectivity index (χ1v) is 9.34. The van der Waals surface area contributed by atoms with Crippen molar-refractivity contribution in [2.45, 2.75) is 19.1 Å². The van der Waals surface area contributed by atoms with E-state index in [1.807, 2.05) is 5.32 Å². The third kappa shape index (κ3) is 4.33. The van der Waals surface area contributed by atoms with E-state index in [0.717, 1.165) is 18.2 Å². The summed E-state index contributed by atoms with van der Waals surface area (Å²) in [5.74, 6) is -2.30. The average molecular weight is 487 g/mol. The second kappa shape index (κ2) is 8.10. The minimum atomic E-state index is -4.81. The van der Waals surface area contributed by atoms with Crippen molar-refractivity contribution in [1.82, 2.24) is 10.3 Å². The Kier molecular flexibility index (Phi) is 5.89. The first-order chi connectivity index (χ1) is 14.0. The molecule has 1 amide bonds. The lowest BCUT2D eigenvalue weighted by atomic mass is 10.1. The molecule has 0 aliphatic carbocycles. The van der Waals surface area contributed by atoms with Crippen LogP contribution in [-0.2, 0) is 4.74 Å². The Balaban J connectivity index is 1.95. The molecule has 0 bridgehead atoms. The van der Waals surface area contributed by atoms with Crippen LogP contribution in [0.3, 0.4) is 0 Å². The standard InChI is InChI=1S/C20H15BrF4N2O3/c1-9-5-15-11(6-12(9)19(29)30-2)8-16(26-15)18(28)27-17(20(23,24)25)10-3-4-14(22)13(21)7-10/h3-8,17,26H,1-2H3,(H,27,28). The number of fused-ring (bicyclic) bond motifs is 1. The Labute approximate surface area is 176 Å². The smallest absolute Gasteiger partial charge is 0.412 e. The van der Waals surface area contributed by atoms with Crippen molar-refractivity contribution >= 4 is 38.7 Å². The first kappa shape index (κ1) is 21.8. The third-order valence-corrected chi connectivity index (χ3v) is 5.10.